The minimum absolute atomic E-state index is 0.0260. The lowest BCUT2D eigenvalue weighted by Crippen LogP contribution is -2.37. The Kier molecular flexibility index (Phi) is 10.5. The van der Waals surface area contributed by atoms with Gasteiger partial charge in [-0.15, -0.1) is 11.8 Å². The van der Waals surface area contributed by atoms with Gasteiger partial charge in [0.15, 0.2) is 0 Å². The largest absolute Gasteiger partial charge is 0.361 e. The number of aromatic nitrogens is 1. The van der Waals surface area contributed by atoms with Gasteiger partial charge in [-0.25, -0.2) is 4.39 Å². The van der Waals surface area contributed by atoms with Crippen molar-refractivity contribution in [2.75, 3.05) is 25.4 Å². The standard InChI is InChI=1S/C26H37FN4OS/c1-3-4-9-22(16-20-18-29-24-11-10-21(27)17-23(20)24)30-26(32)25(19-28-2)33-15-8-14-31-12-6-5-7-13-31/h10-11,17-19,22,29H,2-9,12-16H2,1H3,(H,30,32)/b25-19-. The van der Waals surface area contributed by atoms with Crippen LogP contribution in [0.1, 0.15) is 57.4 Å². The van der Waals surface area contributed by atoms with Crippen LogP contribution in [-0.2, 0) is 11.2 Å². The average Bonchev–Trinajstić information content (AvgIpc) is 3.21. The molecule has 2 N–H and O–H groups in total. The van der Waals surface area contributed by atoms with Crippen LogP contribution in [0.15, 0.2) is 40.5 Å². The molecule has 0 radical (unpaired) electrons. The van der Waals surface area contributed by atoms with Crippen molar-refractivity contribution in [3.63, 3.8) is 0 Å². The number of unbranched alkanes of at least 4 members (excludes halogenated alkanes) is 1. The van der Waals surface area contributed by atoms with E-state index in [0.29, 0.717) is 11.3 Å². The van der Waals surface area contributed by atoms with E-state index in [2.05, 4.69) is 33.8 Å². The number of halogens is 1. The summed E-state index contributed by atoms with van der Waals surface area (Å²) in [5.41, 5.74) is 1.93. The Morgan fingerprint density at radius 1 is 1.33 bits per heavy atom. The van der Waals surface area contributed by atoms with Gasteiger partial charge in [-0.3, -0.25) is 9.79 Å². The van der Waals surface area contributed by atoms with Crippen molar-refractivity contribution in [2.45, 2.75) is 64.3 Å². The molecule has 33 heavy (non-hydrogen) atoms. The van der Waals surface area contributed by atoms with Crippen molar-refractivity contribution < 1.29 is 9.18 Å². The number of H-pyrrole nitrogens is 1. The van der Waals surface area contributed by atoms with Crippen molar-refractivity contribution in [3.8, 4) is 0 Å². The summed E-state index contributed by atoms with van der Waals surface area (Å²) in [6, 6.07) is 4.75. The number of nitrogens with one attached hydrogen (secondary N) is 2. The number of aliphatic imine (C=N–C) groups is 1. The summed E-state index contributed by atoms with van der Waals surface area (Å²) in [4.78, 5) is 23.3. The molecule has 1 aromatic carbocycles. The van der Waals surface area contributed by atoms with Crippen LogP contribution in [0.25, 0.3) is 10.9 Å². The normalized spacial score (nSPS) is 16.1. The number of piperidine rings is 1. The first kappa shape index (κ1) is 25.5. The van der Waals surface area contributed by atoms with Gasteiger partial charge >= 0.3 is 0 Å². The molecule has 0 spiro atoms. The van der Waals surface area contributed by atoms with Gasteiger partial charge in [0.2, 0.25) is 0 Å². The van der Waals surface area contributed by atoms with Crippen molar-refractivity contribution >= 4 is 35.3 Å². The molecule has 1 aromatic heterocycles. The van der Waals surface area contributed by atoms with Gasteiger partial charge in [-0.2, -0.15) is 0 Å². The maximum absolute atomic E-state index is 13.8. The number of aromatic amines is 1. The number of benzene rings is 1. The molecule has 0 bridgehead atoms. The molecule has 1 fully saturated rings. The van der Waals surface area contributed by atoms with Crippen LogP contribution in [0.3, 0.4) is 0 Å². The van der Waals surface area contributed by atoms with Crippen LogP contribution >= 0.6 is 11.8 Å². The number of rotatable bonds is 13. The molecule has 1 amide bonds. The molecule has 2 heterocycles. The third-order valence-corrected chi connectivity index (χ3v) is 7.29. The monoisotopic (exact) mass is 472 g/mol. The van der Waals surface area contributed by atoms with Gasteiger partial charge in [-0.1, -0.05) is 26.2 Å². The second-order valence-corrected chi connectivity index (χ2v) is 9.94. The smallest absolute Gasteiger partial charge is 0.259 e. The molecule has 180 valence electrons. The van der Waals surface area contributed by atoms with Crippen LogP contribution < -0.4 is 5.32 Å². The second-order valence-electron chi connectivity index (χ2n) is 8.80. The summed E-state index contributed by atoms with van der Waals surface area (Å²) in [6.45, 7) is 9.16. The Morgan fingerprint density at radius 3 is 2.91 bits per heavy atom. The Morgan fingerprint density at radius 2 is 2.15 bits per heavy atom. The number of carbonyl (C=O) groups excluding carboxylic acids is 1. The zero-order valence-corrected chi connectivity index (χ0v) is 20.6. The Bertz CT molecular complexity index is 936. The minimum Gasteiger partial charge on any atom is -0.361 e. The van der Waals surface area contributed by atoms with Crippen molar-refractivity contribution in [1.29, 1.82) is 0 Å². The first-order chi connectivity index (χ1) is 16.1. The van der Waals surface area contributed by atoms with Crippen LogP contribution in [0, 0.1) is 5.82 Å². The molecule has 0 saturated carbocycles. The van der Waals surface area contributed by atoms with Gasteiger partial charge in [0.25, 0.3) is 5.91 Å². The van der Waals surface area contributed by atoms with Crippen LogP contribution in [0.4, 0.5) is 4.39 Å². The molecule has 1 aliphatic rings. The van der Waals surface area contributed by atoms with E-state index < -0.39 is 0 Å². The maximum Gasteiger partial charge on any atom is 0.259 e. The highest BCUT2D eigenvalue weighted by Gasteiger charge is 2.19. The van der Waals surface area contributed by atoms with Crippen LogP contribution in [0.5, 0.6) is 0 Å². The fourth-order valence-corrected chi connectivity index (χ4v) is 5.25. The molecule has 0 aliphatic carbocycles. The van der Waals surface area contributed by atoms with Crippen LogP contribution in [0.2, 0.25) is 0 Å². The Labute approximate surface area is 201 Å². The quantitative estimate of drug-likeness (QED) is 0.224. The van der Waals surface area contributed by atoms with E-state index in [9.17, 15) is 9.18 Å². The van der Waals surface area contributed by atoms with Crippen molar-refractivity contribution in [1.82, 2.24) is 15.2 Å². The van der Waals surface area contributed by atoms with Crippen molar-refractivity contribution in [3.05, 3.63) is 46.9 Å². The molecule has 1 unspecified atom stereocenters. The van der Waals surface area contributed by atoms with E-state index in [1.165, 1.54) is 38.4 Å². The molecule has 7 heteroatoms. The van der Waals surface area contributed by atoms with E-state index >= 15 is 0 Å². The summed E-state index contributed by atoms with van der Waals surface area (Å²) in [6.07, 6.45) is 12.1. The molecular weight excluding hydrogens is 435 g/mol. The highest BCUT2D eigenvalue weighted by atomic mass is 32.2. The topological polar surface area (TPSA) is 60.5 Å². The zero-order valence-electron chi connectivity index (χ0n) is 19.7. The van der Waals surface area contributed by atoms with Gasteiger partial charge in [0.05, 0.1) is 4.91 Å². The zero-order chi connectivity index (χ0) is 23.5. The summed E-state index contributed by atoms with van der Waals surface area (Å²) in [5, 5.41) is 4.09. The first-order valence-corrected chi connectivity index (χ1v) is 13.2. The molecule has 2 aromatic rings. The first-order valence-electron chi connectivity index (χ1n) is 12.2. The summed E-state index contributed by atoms with van der Waals surface area (Å²) >= 11 is 1.55. The number of hydrogen-bond acceptors (Lipinski definition) is 4. The highest BCUT2D eigenvalue weighted by molar-refractivity contribution is 8.03. The van der Waals surface area contributed by atoms with Gasteiger partial charge in [0.1, 0.15) is 5.82 Å². The number of amides is 1. The fourth-order valence-electron chi connectivity index (χ4n) is 4.41. The minimum atomic E-state index is -0.249. The molecule has 3 rings (SSSR count). The number of likely N-dealkylation sites (tertiary alicyclic amines) is 1. The van der Waals surface area contributed by atoms with E-state index in [0.717, 1.165) is 54.4 Å². The number of carbonyl (C=O) groups is 1. The number of thioether (sulfide) groups is 1. The second kappa shape index (κ2) is 13.6. The van der Waals surface area contributed by atoms with Gasteiger partial charge in [0, 0.05) is 29.3 Å². The maximum atomic E-state index is 13.8. The fraction of sp³-hybridized carbons (Fsp3) is 0.538. The van der Waals surface area contributed by atoms with Crippen LogP contribution in [-0.4, -0.2) is 53.9 Å². The Hall–Kier alpha value is -2.12. The summed E-state index contributed by atoms with van der Waals surface area (Å²) in [7, 11) is 0. The predicted octanol–water partition coefficient (Wildman–Crippen LogP) is 5.68. The summed E-state index contributed by atoms with van der Waals surface area (Å²) < 4.78 is 13.8. The van der Waals surface area contributed by atoms with E-state index in [-0.39, 0.29) is 17.8 Å². The molecule has 5 nitrogen and oxygen atoms in total. The molecule has 1 aliphatic heterocycles. The van der Waals surface area contributed by atoms with E-state index in [4.69, 9.17) is 0 Å². The lowest BCUT2D eigenvalue weighted by molar-refractivity contribution is -0.117. The van der Waals surface area contributed by atoms with Gasteiger partial charge in [-0.05, 0) is 88.0 Å². The van der Waals surface area contributed by atoms with Gasteiger partial charge < -0.3 is 15.2 Å². The molecule has 1 saturated heterocycles. The third-order valence-electron chi connectivity index (χ3n) is 6.19. The SMILES string of the molecule is C=N/C=C(\SCCCN1CCCCC1)C(=O)NC(CCCC)Cc1c[nH]c2ccc(F)cc12. The van der Waals surface area contributed by atoms with Crippen molar-refractivity contribution in [2.24, 2.45) is 4.99 Å². The number of hydrogen-bond donors (Lipinski definition) is 2. The van der Waals surface area contributed by atoms with E-state index in [1.807, 2.05) is 6.20 Å². The number of nitrogens with zero attached hydrogens (tertiary/aromatic N) is 2. The highest BCUT2D eigenvalue weighted by Crippen LogP contribution is 2.23. The lowest BCUT2D eigenvalue weighted by Gasteiger charge is -2.26. The average molecular weight is 473 g/mol. The van der Waals surface area contributed by atoms with E-state index in [1.54, 1.807) is 30.1 Å². The Balaban J connectivity index is 1.58. The summed E-state index contributed by atoms with van der Waals surface area (Å²) in [5.74, 6) is 0.533. The predicted molar refractivity (Wildman–Crippen MR) is 138 cm³/mol. The lowest BCUT2D eigenvalue weighted by atomic mass is 10.0. The molecule has 1 atom stereocenters. The molecular formula is C26H37FN4OS. The number of fused-ring (bicyclic) bond motifs is 1. The third kappa shape index (κ3) is 8.00.